The molecule has 1 heterocycles. The molecular formula is C15H22O2. The second kappa shape index (κ2) is 4.15. The van der Waals surface area contributed by atoms with Gasteiger partial charge in [-0.3, -0.25) is 4.79 Å². The molecule has 0 radical (unpaired) electrons. The van der Waals surface area contributed by atoms with Crippen molar-refractivity contribution in [3.8, 4) is 0 Å². The highest BCUT2D eigenvalue weighted by Gasteiger charge is 2.58. The van der Waals surface area contributed by atoms with Gasteiger partial charge >= 0.3 is 0 Å². The highest BCUT2D eigenvalue weighted by molar-refractivity contribution is 5.96. The predicted octanol–water partition coefficient (Wildman–Crippen LogP) is 3.75. The fourth-order valence-corrected chi connectivity index (χ4v) is 4.30. The summed E-state index contributed by atoms with van der Waals surface area (Å²) in [5.41, 5.74) is -0.308. The van der Waals surface area contributed by atoms with E-state index in [4.69, 9.17) is 4.74 Å². The van der Waals surface area contributed by atoms with Crippen molar-refractivity contribution < 1.29 is 9.53 Å². The van der Waals surface area contributed by atoms with Gasteiger partial charge in [0.05, 0.1) is 11.7 Å². The van der Waals surface area contributed by atoms with Gasteiger partial charge in [0.2, 0.25) is 0 Å². The minimum absolute atomic E-state index is 0.141. The average Bonchev–Trinajstić information content (AvgIpc) is 2.39. The summed E-state index contributed by atoms with van der Waals surface area (Å²) < 4.78 is 6.07. The predicted molar refractivity (Wildman–Crippen MR) is 66.6 cm³/mol. The quantitative estimate of drug-likeness (QED) is 0.638. The Balaban J connectivity index is 1.99. The second-order valence-corrected chi connectivity index (χ2v) is 5.98. The Labute approximate surface area is 103 Å². The zero-order valence-corrected chi connectivity index (χ0v) is 10.5. The zero-order chi connectivity index (χ0) is 11.8. The summed E-state index contributed by atoms with van der Waals surface area (Å²) in [4.78, 5) is 12.5. The van der Waals surface area contributed by atoms with Crippen molar-refractivity contribution in [2.75, 3.05) is 0 Å². The van der Waals surface area contributed by atoms with Crippen molar-refractivity contribution >= 4 is 5.78 Å². The van der Waals surface area contributed by atoms with Gasteiger partial charge in [-0.05, 0) is 38.5 Å². The van der Waals surface area contributed by atoms with Crippen LogP contribution in [0.15, 0.2) is 12.3 Å². The van der Waals surface area contributed by atoms with E-state index < -0.39 is 0 Å². The number of hydrogen-bond donors (Lipinski definition) is 0. The lowest BCUT2D eigenvalue weighted by molar-refractivity contribution is -0.165. The summed E-state index contributed by atoms with van der Waals surface area (Å²) in [5.74, 6) is 0.352. The van der Waals surface area contributed by atoms with Crippen LogP contribution in [-0.4, -0.2) is 11.4 Å². The number of carbonyl (C=O) groups excluding carboxylic acids is 1. The SMILES string of the molecule is O=C1C=COC2(CCCCC2)C12CCCCC2. The van der Waals surface area contributed by atoms with Gasteiger partial charge in [0.25, 0.3) is 0 Å². The molecule has 0 aromatic heterocycles. The van der Waals surface area contributed by atoms with Gasteiger partial charge in [-0.2, -0.15) is 0 Å². The van der Waals surface area contributed by atoms with Gasteiger partial charge in [0.1, 0.15) is 5.60 Å². The minimum Gasteiger partial charge on any atom is -0.494 e. The summed E-state index contributed by atoms with van der Waals surface area (Å²) in [6.07, 6.45) is 15.1. The molecule has 0 amide bonds. The lowest BCUT2D eigenvalue weighted by atomic mass is 9.56. The molecule has 0 bridgehead atoms. The van der Waals surface area contributed by atoms with Crippen LogP contribution in [-0.2, 0) is 9.53 Å². The first-order valence-electron chi connectivity index (χ1n) is 7.18. The largest absolute Gasteiger partial charge is 0.494 e. The maximum Gasteiger partial charge on any atom is 0.168 e. The van der Waals surface area contributed by atoms with Crippen LogP contribution in [0.2, 0.25) is 0 Å². The lowest BCUT2D eigenvalue weighted by Gasteiger charge is -2.53. The van der Waals surface area contributed by atoms with E-state index in [-0.39, 0.29) is 11.0 Å². The first-order valence-corrected chi connectivity index (χ1v) is 7.18. The highest BCUT2D eigenvalue weighted by atomic mass is 16.5. The van der Waals surface area contributed by atoms with E-state index in [0.717, 1.165) is 25.7 Å². The molecule has 0 saturated heterocycles. The number of ketones is 1. The summed E-state index contributed by atoms with van der Waals surface area (Å²) in [5, 5.41) is 0. The Morgan fingerprint density at radius 1 is 0.882 bits per heavy atom. The molecule has 0 N–H and O–H groups in total. The summed E-state index contributed by atoms with van der Waals surface area (Å²) in [6.45, 7) is 0. The number of allylic oxidation sites excluding steroid dienone is 1. The first kappa shape index (κ1) is 11.3. The van der Waals surface area contributed by atoms with E-state index in [1.807, 2.05) is 0 Å². The molecule has 3 rings (SSSR count). The summed E-state index contributed by atoms with van der Waals surface area (Å²) >= 11 is 0. The van der Waals surface area contributed by atoms with Crippen molar-refractivity contribution in [3.63, 3.8) is 0 Å². The second-order valence-electron chi connectivity index (χ2n) is 5.98. The molecule has 2 saturated carbocycles. The molecular weight excluding hydrogens is 212 g/mol. The Morgan fingerprint density at radius 3 is 2.12 bits per heavy atom. The van der Waals surface area contributed by atoms with Gasteiger partial charge in [0.15, 0.2) is 5.78 Å². The topological polar surface area (TPSA) is 26.3 Å². The van der Waals surface area contributed by atoms with Crippen molar-refractivity contribution in [3.05, 3.63) is 12.3 Å². The average molecular weight is 234 g/mol. The van der Waals surface area contributed by atoms with E-state index in [2.05, 4.69) is 0 Å². The third-order valence-corrected chi connectivity index (χ3v) is 5.23. The Bertz CT molecular complexity index is 331. The summed E-state index contributed by atoms with van der Waals surface area (Å²) in [6, 6.07) is 0. The standard InChI is InChI=1S/C15H22O2/c16-13-7-12-17-15(10-5-2-6-11-15)14(13)8-3-1-4-9-14/h7,12H,1-6,8-11H2. The molecule has 94 valence electrons. The van der Waals surface area contributed by atoms with Crippen molar-refractivity contribution in [2.45, 2.75) is 69.8 Å². The van der Waals surface area contributed by atoms with Crippen molar-refractivity contribution in [1.82, 2.24) is 0 Å². The van der Waals surface area contributed by atoms with Crippen molar-refractivity contribution in [2.24, 2.45) is 5.41 Å². The van der Waals surface area contributed by atoms with Crippen LogP contribution < -0.4 is 0 Å². The van der Waals surface area contributed by atoms with Gasteiger partial charge in [-0.1, -0.05) is 25.7 Å². The zero-order valence-electron chi connectivity index (χ0n) is 10.5. The normalized spacial score (nSPS) is 30.5. The maximum atomic E-state index is 12.5. The van der Waals surface area contributed by atoms with Crippen LogP contribution in [0.1, 0.15) is 64.2 Å². The molecule has 2 nitrogen and oxygen atoms in total. The molecule has 0 unspecified atom stereocenters. The van der Waals surface area contributed by atoms with E-state index >= 15 is 0 Å². The van der Waals surface area contributed by atoms with Crippen LogP contribution in [0.3, 0.4) is 0 Å². The van der Waals surface area contributed by atoms with Gasteiger partial charge in [0, 0.05) is 6.08 Å². The first-order chi connectivity index (χ1) is 8.29. The van der Waals surface area contributed by atoms with Gasteiger partial charge in [-0.25, -0.2) is 0 Å². The van der Waals surface area contributed by atoms with E-state index in [0.29, 0.717) is 5.78 Å². The number of fused-ring (bicyclic) bond motifs is 1. The molecule has 2 fully saturated rings. The van der Waals surface area contributed by atoms with Gasteiger partial charge < -0.3 is 4.74 Å². The third kappa shape index (κ3) is 1.56. The van der Waals surface area contributed by atoms with Crippen LogP contribution in [0.4, 0.5) is 0 Å². The molecule has 0 aromatic rings. The molecule has 0 atom stereocenters. The summed E-state index contributed by atoms with van der Waals surface area (Å²) in [7, 11) is 0. The maximum absolute atomic E-state index is 12.5. The molecule has 3 aliphatic rings. The third-order valence-electron chi connectivity index (χ3n) is 5.23. The fourth-order valence-electron chi connectivity index (χ4n) is 4.30. The van der Waals surface area contributed by atoms with Gasteiger partial charge in [-0.15, -0.1) is 0 Å². The Kier molecular flexibility index (Phi) is 2.76. The van der Waals surface area contributed by atoms with E-state index in [9.17, 15) is 4.79 Å². The smallest absolute Gasteiger partial charge is 0.168 e. The van der Waals surface area contributed by atoms with Crippen LogP contribution in [0.5, 0.6) is 0 Å². The number of rotatable bonds is 0. The fraction of sp³-hybridized carbons (Fsp3) is 0.800. The molecule has 2 spiro atoms. The molecule has 2 aliphatic carbocycles. The monoisotopic (exact) mass is 234 g/mol. The number of carbonyl (C=O) groups is 1. The Hall–Kier alpha value is -0.790. The van der Waals surface area contributed by atoms with Crippen LogP contribution in [0, 0.1) is 5.41 Å². The molecule has 2 heteroatoms. The molecule has 1 aliphatic heterocycles. The number of ether oxygens (including phenoxy) is 1. The minimum atomic E-state index is -0.166. The van der Waals surface area contributed by atoms with Crippen LogP contribution >= 0.6 is 0 Å². The Morgan fingerprint density at radius 2 is 1.47 bits per heavy atom. The number of hydrogen-bond acceptors (Lipinski definition) is 2. The van der Waals surface area contributed by atoms with E-state index in [1.165, 1.54) is 38.5 Å². The lowest BCUT2D eigenvalue weighted by Crippen LogP contribution is -2.57. The highest BCUT2D eigenvalue weighted by Crippen LogP contribution is 2.55. The van der Waals surface area contributed by atoms with E-state index in [1.54, 1.807) is 12.3 Å². The molecule has 17 heavy (non-hydrogen) atoms. The van der Waals surface area contributed by atoms with Crippen molar-refractivity contribution in [1.29, 1.82) is 0 Å². The molecule has 0 aromatic carbocycles. The van der Waals surface area contributed by atoms with Crippen LogP contribution in [0.25, 0.3) is 0 Å².